The van der Waals surface area contributed by atoms with Crippen molar-refractivity contribution in [2.45, 2.75) is 20.3 Å². The summed E-state index contributed by atoms with van der Waals surface area (Å²) in [6.07, 6.45) is 0.885. The highest BCUT2D eigenvalue weighted by atomic mass is 32.1. The number of piperazine rings is 1. The molecule has 0 spiro atoms. The monoisotopic (exact) mass is 384 g/mol. The minimum absolute atomic E-state index is 0.112. The van der Waals surface area contributed by atoms with Gasteiger partial charge >= 0.3 is 0 Å². The Bertz CT molecular complexity index is 871. The van der Waals surface area contributed by atoms with Crippen LogP contribution in [-0.4, -0.2) is 65.9 Å². The van der Waals surface area contributed by atoms with Crippen LogP contribution in [0.4, 0.5) is 5.69 Å². The molecule has 27 heavy (non-hydrogen) atoms. The summed E-state index contributed by atoms with van der Waals surface area (Å²) in [5.41, 5.74) is 4.37. The van der Waals surface area contributed by atoms with E-state index in [2.05, 4.69) is 33.5 Å². The molecule has 3 heterocycles. The van der Waals surface area contributed by atoms with E-state index in [9.17, 15) is 9.59 Å². The number of nitrogens with zero attached hydrogens (tertiary/aromatic N) is 4. The maximum atomic E-state index is 12.8. The molecule has 0 atom stereocenters. The maximum absolute atomic E-state index is 12.8. The molecule has 1 fully saturated rings. The van der Waals surface area contributed by atoms with Gasteiger partial charge in [-0.15, -0.1) is 11.3 Å². The third-order valence-corrected chi connectivity index (χ3v) is 6.14. The fourth-order valence-corrected chi connectivity index (χ4v) is 4.44. The molecule has 2 aliphatic rings. The number of benzene rings is 1. The van der Waals surface area contributed by atoms with Crippen molar-refractivity contribution in [3.05, 3.63) is 34.2 Å². The van der Waals surface area contributed by atoms with Crippen molar-refractivity contribution in [3.63, 3.8) is 0 Å². The molecule has 6 nitrogen and oxygen atoms in total. The molecular weight excluding hydrogens is 360 g/mol. The Hall–Kier alpha value is -2.25. The van der Waals surface area contributed by atoms with Crippen molar-refractivity contribution in [1.82, 2.24) is 14.8 Å². The highest BCUT2D eigenvalue weighted by molar-refractivity contribution is 7.09. The van der Waals surface area contributed by atoms with E-state index < -0.39 is 0 Å². The number of hydrogen-bond acceptors (Lipinski definition) is 5. The average molecular weight is 385 g/mol. The molecule has 2 aromatic rings. The van der Waals surface area contributed by atoms with Crippen LogP contribution in [0.5, 0.6) is 0 Å². The minimum atomic E-state index is 0.112. The predicted molar refractivity (Wildman–Crippen MR) is 107 cm³/mol. The Balaban J connectivity index is 1.42. The van der Waals surface area contributed by atoms with E-state index in [0.29, 0.717) is 19.6 Å². The van der Waals surface area contributed by atoms with E-state index in [1.54, 1.807) is 18.3 Å². The van der Waals surface area contributed by atoms with Crippen LogP contribution in [0.2, 0.25) is 0 Å². The fourth-order valence-electron chi connectivity index (χ4n) is 3.81. The summed E-state index contributed by atoms with van der Waals surface area (Å²) >= 11 is 1.65. The molecule has 0 N–H and O–H groups in total. The number of aryl methyl sites for hydroxylation is 1. The summed E-state index contributed by atoms with van der Waals surface area (Å²) in [5.74, 6) is 0.253. The third kappa shape index (κ3) is 3.75. The van der Waals surface area contributed by atoms with Crippen LogP contribution in [0.3, 0.4) is 0 Å². The summed E-state index contributed by atoms with van der Waals surface area (Å²) in [6, 6.07) is 6.28. The zero-order valence-corrected chi connectivity index (χ0v) is 16.6. The highest BCUT2D eigenvalue weighted by Crippen LogP contribution is 2.32. The van der Waals surface area contributed by atoms with Gasteiger partial charge in [-0.3, -0.25) is 14.5 Å². The van der Waals surface area contributed by atoms with Gasteiger partial charge in [-0.05, 0) is 31.0 Å². The number of rotatable bonds is 3. The zero-order chi connectivity index (χ0) is 19.0. The summed E-state index contributed by atoms with van der Waals surface area (Å²) < 4.78 is 0. The van der Waals surface area contributed by atoms with Crippen LogP contribution in [0.1, 0.15) is 17.5 Å². The molecule has 4 rings (SSSR count). The number of hydrogen-bond donors (Lipinski definition) is 0. The normalized spacial score (nSPS) is 17.3. The molecule has 0 bridgehead atoms. The first-order valence-electron chi connectivity index (χ1n) is 9.35. The van der Waals surface area contributed by atoms with Gasteiger partial charge in [0, 0.05) is 56.3 Å². The van der Waals surface area contributed by atoms with E-state index in [0.717, 1.165) is 48.0 Å². The van der Waals surface area contributed by atoms with Gasteiger partial charge in [0.25, 0.3) is 0 Å². The second-order valence-electron chi connectivity index (χ2n) is 7.17. The Labute approximate surface area is 163 Å². The van der Waals surface area contributed by atoms with Crippen molar-refractivity contribution < 1.29 is 9.59 Å². The minimum Gasteiger partial charge on any atom is -0.340 e. The van der Waals surface area contributed by atoms with Gasteiger partial charge in [0.2, 0.25) is 11.8 Å². The molecule has 1 aromatic carbocycles. The molecule has 2 aliphatic heterocycles. The lowest BCUT2D eigenvalue weighted by Gasteiger charge is -2.34. The second kappa shape index (κ2) is 7.40. The molecular formula is C20H24N4O2S. The summed E-state index contributed by atoms with van der Waals surface area (Å²) in [5, 5.41) is 3.14. The Morgan fingerprint density at radius 2 is 1.93 bits per heavy atom. The fraction of sp³-hybridized carbons (Fsp3) is 0.450. The van der Waals surface area contributed by atoms with Crippen molar-refractivity contribution in [1.29, 1.82) is 0 Å². The maximum Gasteiger partial charge on any atom is 0.241 e. The van der Waals surface area contributed by atoms with Gasteiger partial charge in [0.1, 0.15) is 0 Å². The lowest BCUT2D eigenvalue weighted by atomic mass is 10.1. The van der Waals surface area contributed by atoms with Crippen molar-refractivity contribution in [3.8, 4) is 11.3 Å². The van der Waals surface area contributed by atoms with E-state index in [1.807, 2.05) is 16.7 Å². The van der Waals surface area contributed by atoms with Crippen molar-refractivity contribution in [2.24, 2.45) is 0 Å². The SMILES string of the molecule is CC(=O)N1CCN(CC(=O)N2CCc3cc(-c4csc(C)n4)ccc32)CC1. The van der Waals surface area contributed by atoms with Gasteiger partial charge in [0.15, 0.2) is 0 Å². The Morgan fingerprint density at radius 1 is 1.15 bits per heavy atom. The third-order valence-electron chi connectivity index (χ3n) is 5.37. The standard InChI is InChI=1S/C20H24N4O2S/c1-14-21-18(13-27-14)16-3-4-19-17(11-16)5-6-24(19)20(26)12-22-7-9-23(10-8-22)15(2)25/h3-4,11,13H,5-10,12H2,1-2H3. The molecule has 0 radical (unpaired) electrons. The number of anilines is 1. The molecule has 0 unspecified atom stereocenters. The lowest BCUT2D eigenvalue weighted by molar-refractivity contribution is -0.130. The van der Waals surface area contributed by atoms with Crippen molar-refractivity contribution >= 4 is 28.8 Å². The average Bonchev–Trinajstić information content (AvgIpc) is 3.27. The van der Waals surface area contributed by atoms with Crippen molar-refractivity contribution in [2.75, 3.05) is 44.2 Å². The quantitative estimate of drug-likeness (QED) is 0.814. The molecule has 7 heteroatoms. The van der Waals surface area contributed by atoms with Gasteiger partial charge in [-0.1, -0.05) is 6.07 Å². The smallest absolute Gasteiger partial charge is 0.241 e. The first-order chi connectivity index (χ1) is 13.0. The topological polar surface area (TPSA) is 56.8 Å². The number of amides is 2. The second-order valence-corrected chi connectivity index (χ2v) is 8.24. The highest BCUT2D eigenvalue weighted by Gasteiger charge is 2.28. The summed E-state index contributed by atoms with van der Waals surface area (Å²) in [7, 11) is 0. The van der Waals surface area contributed by atoms with Crippen LogP contribution < -0.4 is 4.90 Å². The number of aromatic nitrogens is 1. The largest absolute Gasteiger partial charge is 0.340 e. The summed E-state index contributed by atoms with van der Waals surface area (Å²) in [6.45, 7) is 7.69. The predicted octanol–water partition coefficient (Wildman–Crippen LogP) is 2.17. The summed E-state index contributed by atoms with van der Waals surface area (Å²) in [4.78, 5) is 34.7. The number of fused-ring (bicyclic) bond motifs is 1. The van der Waals surface area contributed by atoms with Gasteiger partial charge < -0.3 is 9.80 Å². The van der Waals surface area contributed by atoms with Crippen LogP contribution in [0.15, 0.2) is 23.6 Å². The molecule has 2 amide bonds. The molecule has 1 saturated heterocycles. The van der Waals surface area contributed by atoms with Gasteiger partial charge in [-0.25, -0.2) is 4.98 Å². The van der Waals surface area contributed by atoms with Gasteiger partial charge in [0.05, 0.1) is 17.2 Å². The molecule has 142 valence electrons. The number of carbonyl (C=O) groups is 2. The molecule has 0 aliphatic carbocycles. The Kier molecular flexibility index (Phi) is 4.97. The molecule has 1 aromatic heterocycles. The van der Waals surface area contributed by atoms with Crippen LogP contribution >= 0.6 is 11.3 Å². The number of carbonyl (C=O) groups excluding carboxylic acids is 2. The van der Waals surface area contributed by atoms with E-state index in [1.165, 1.54) is 5.56 Å². The molecule has 0 saturated carbocycles. The van der Waals surface area contributed by atoms with E-state index in [-0.39, 0.29) is 11.8 Å². The van der Waals surface area contributed by atoms with Gasteiger partial charge in [-0.2, -0.15) is 0 Å². The van der Waals surface area contributed by atoms with E-state index >= 15 is 0 Å². The first kappa shape index (κ1) is 18.1. The van der Waals surface area contributed by atoms with Crippen LogP contribution in [0, 0.1) is 6.92 Å². The first-order valence-corrected chi connectivity index (χ1v) is 10.2. The number of thiazole rings is 1. The van der Waals surface area contributed by atoms with Crippen LogP contribution in [0.25, 0.3) is 11.3 Å². The lowest BCUT2D eigenvalue weighted by Crippen LogP contribution is -2.51. The van der Waals surface area contributed by atoms with E-state index in [4.69, 9.17) is 0 Å². The van der Waals surface area contributed by atoms with Crippen LogP contribution in [-0.2, 0) is 16.0 Å². The zero-order valence-electron chi connectivity index (χ0n) is 15.8. The Morgan fingerprint density at radius 3 is 2.59 bits per heavy atom.